The molecule has 3 aliphatic heterocycles. The van der Waals surface area contributed by atoms with Crippen molar-refractivity contribution < 1.29 is 0 Å². The minimum atomic E-state index is 0.703. The summed E-state index contributed by atoms with van der Waals surface area (Å²) in [6.07, 6.45) is 1.03. The van der Waals surface area contributed by atoms with E-state index in [4.69, 9.17) is 0 Å². The van der Waals surface area contributed by atoms with Crippen LogP contribution in [0, 0.1) is 0 Å². The molecule has 0 N–H and O–H groups in total. The molecule has 0 radical (unpaired) electrons. The summed E-state index contributed by atoms with van der Waals surface area (Å²) in [7, 11) is 2.18. The molecule has 2 saturated heterocycles. The van der Waals surface area contributed by atoms with Crippen molar-refractivity contribution in [3.8, 4) is 0 Å². The summed E-state index contributed by atoms with van der Waals surface area (Å²) in [5.74, 6) is 1.07. The highest BCUT2D eigenvalue weighted by Gasteiger charge is 2.34. The number of fused-ring (bicyclic) bond motifs is 1. The molecule has 0 aliphatic carbocycles. The lowest BCUT2D eigenvalue weighted by molar-refractivity contribution is 0.0858. The van der Waals surface area contributed by atoms with Crippen LogP contribution in [0.1, 0.15) is 18.2 Å². The van der Waals surface area contributed by atoms with Crippen LogP contribution in [0.2, 0.25) is 0 Å². The minimum absolute atomic E-state index is 0.703. The normalized spacial score (nSPS) is 24.5. The number of aromatic nitrogens is 2. The number of hydrogen-bond acceptors (Lipinski definition) is 6. The van der Waals surface area contributed by atoms with Gasteiger partial charge in [-0.2, -0.15) is 5.10 Å². The predicted octanol–water partition coefficient (Wildman–Crippen LogP) is 0.291. The Balaban J connectivity index is 1.34. The van der Waals surface area contributed by atoms with Crippen molar-refractivity contribution in [3.63, 3.8) is 0 Å². The zero-order chi connectivity index (χ0) is 15.8. The Labute approximate surface area is 139 Å². The summed E-state index contributed by atoms with van der Waals surface area (Å²) in [5.41, 5.74) is 2.56. The molecule has 1 aromatic heterocycles. The molecule has 0 spiro atoms. The van der Waals surface area contributed by atoms with Crippen LogP contribution in [0.3, 0.4) is 0 Å². The standard InChI is InChI=1S/C17H28N6/c1-3-21-6-8-22(9-7-21)15-12-23(13-15)17-10-14-11-20(2)5-4-16(14)18-19-17/h10,15H,3-9,11-13H2,1-2H3. The third-order valence-electron chi connectivity index (χ3n) is 5.67. The molecule has 0 saturated carbocycles. The minimum Gasteiger partial charge on any atom is -0.352 e. The molecule has 126 valence electrons. The second kappa shape index (κ2) is 6.34. The van der Waals surface area contributed by atoms with Gasteiger partial charge < -0.3 is 14.7 Å². The fourth-order valence-electron chi connectivity index (χ4n) is 3.93. The molecule has 6 heteroatoms. The van der Waals surface area contributed by atoms with Crippen LogP contribution in [-0.2, 0) is 13.0 Å². The zero-order valence-corrected chi connectivity index (χ0v) is 14.4. The van der Waals surface area contributed by atoms with E-state index in [0.29, 0.717) is 6.04 Å². The van der Waals surface area contributed by atoms with Gasteiger partial charge in [0.1, 0.15) is 0 Å². The lowest BCUT2D eigenvalue weighted by Crippen LogP contribution is -2.63. The van der Waals surface area contributed by atoms with Gasteiger partial charge in [0.25, 0.3) is 0 Å². The van der Waals surface area contributed by atoms with Gasteiger partial charge in [-0.05, 0) is 25.2 Å². The molecular formula is C17H28N6. The lowest BCUT2D eigenvalue weighted by atomic mass is 10.0. The van der Waals surface area contributed by atoms with Gasteiger partial charge in [-0.3, -0.25) is 4.90 Å². The van der Waals surface area contributed by atoms with E-state index in [1.54, 1.807) is 0 Å². The second-order valence-electron chi connectivity index (χ2n) is 7.19. The highest BCUT2D eigenvalue weighted by atomic mass is 15.4. The molecule has 4 rings (SSSR count). The first-order chi connectivity index (χ1) is 11.2. The molecule has 0 bridgehead atoms. The summed E-state index contributed by atoms with van der Waals surface area (Å²) < 4.78 is 0. The van der Waals surface area contributed by atoms with Gasteiger partial charge in [-0.15, -0.1) is 5.10 Å². The lowest BCUT2D eigenvalue weighted by Gasteiger charge is -2.48. The number of nitrogens with zero attached hydrogens (tertiary/aromatic N) is 6. The summed E-state index contributed by atoms with van der Waals surface area (Å²) in [5, 5.41) is 8.95. The largest absolute Gasteiger partial charge is 0.352 e. The van der Waals surface area contributed by atoms with Gasteiger partial charge >= 0.3 is 0 Å². The van der Waals surface area contributed by atoms with Crippen LogP contribution in [0.4, 0.5) is 5.82 Å². The number of piperazine rings is 1. The fourth-order valence-corrected chi connectivity index (χ4v) is 3.93. The van der Waals surface area contributed by atoms with E-state index >= 15 is 0 Å². The van der Waals surface area contributed by atoms with Gasteiger partial charge in [0.15, 0.2) is 5.82 Å². The molecule has 6 nitrogen and oxygen atoms in total. The first kappa shape index (κ1) is 15.3. The SMILES string of the molecule is CCN1CCN(C2CN(c3cc4c(nn3)CCN(C)C4)C2)CC1. The average molecular weight is 316 g/mol. The van der Waals surface area contributed by atoms with Crippen LogP contribution in [0.5, 0.6) is 0 Å². The number of hydrogen-bond donors (Lipinski definition) is 0. The average Bonchev–Trinajstić information content (AvgIpc) is 2.54. The van der Waals surface area contributed by atoms with Crippen molar-refractivity contribution in [2.24, 2.45) is 0 Å². The van der Waals surface area contributed by atoms with Crippen molar-refractivity contribution in [1.82, 2.24) is 24.9 Å². The van der Waals surface area contributed by atoms with Crippen LogP contribution >= 0.6 is 0 Å². The Bertz CT molecular complexity index is 548. The Morgan fingerprint density at radius 1 is 1.09 bits per heavy atom. The van der Waals surface area contributed by atoms with E-state index in [1.807, 2.05) is 0 Å². The first-order valence-electron chi connectivity index (χ1n) is 8.98. The molecule has 0 amide bonds. The number of rotatable bonds is 3. The third-order valence-corrected chi connectivity index (χ3v) is 5.67. The van der Waals surface area contributed by atoms with E-state index in [0.717, 1.165) is 38.4 Å². The molecule has 23 heavy (non-hydrogen) atoms. The quantitative estimate of drug-likeness (QED) is 0.798. The monoisotopic (exact) mass is 316 g/mol. The predicted molar refractivity (Wildman–Crippen MR) is 91.8 cm³/mol. The number of anilines is 1. The van der Waals surface area contributed by atoms with Crippen molar-refractivity contribution in [2.45, 2.75) is 25.9 Å². The summed E-state index contributed by atoms with van der Waals surface area (Å²) in [4.78, 5) is 9.94. The van der Waals surface area contributed by atoms with Crippen LogP contribution < -0.4 is 4.90 Å². The van der Waals surface area contributed by atoms with Crippen molar-refractivity contribution >= 4 is 5.82 Å². The topological polar surface area (TPSA) is 38.7 Å². The Hall–Kier alpha value is -1.24. The second-order valence-corrected chi connectivity index (χ2v) is 7.19. The van der Waals surface area contributed by atoms with E-state index in [9.17, 15) is 0 Å². The molecule has 4 heterocycles. The van der Waals surface area contributed by atoms with Crippen LogP contribution in [-0.4, -0.2) is 90.3 Å². The number of likely N-dealkylation sites (N-methyl/N-ethyl adjacent to an activating group) is 2. The maximum atomic E-state index is 4.48. The van der Waals surface area contributed by atoms with Gasteiger partial charge in [0.2, 0.25) is 0 Å². The first-order valence-corrected chi connectivity index (χ1v) is 8.98. The smallest absolute Gasteiger partial charge is 0.151 e. The Morgan fingerprint density at radius 3 is 2.61 bits per heavy atom. The fraction of sp³-hybridized carbons (Fsp3) is 0.765. The summed E-state index contributed by atoms with van der Waals surface area (Å²) in [6, 6.07) is 2.97. The molecule has 1 aromatic rings. The molecule has 2 fully saturated rings. The van der Waals surface area contributed by atoms with Crippen LogP contribution in [0.15, 0.2) is 6.07 Å². The Kier molecular flexibility index (Phi) is 4.22. The third kappa shape index (κ3) is 3.07. The van der Waals surface area contributed by atoms with E-state index in [2.05, 4.69) is 49.8 Å². The van der Waals surface area contributed by atoms with E-state index in [-0.39, 0.29) is 0 Å². The Morgan fingerprint density at radius 2 is 1.87 bits per heavy atom. The molecular weight excluding hydrogens is 288 g/mol. The van der Waals surface area contributed by atoms with Crippen molar-refractivity contribution in [3.05, 3.63) is 17.3 Å². The van der Waals surface area contributed by atoms with Gasteiger partial charge in [0, 0.05) is 64.8 Å². The van der Waals surface area contributed by atoms with Gasteiger partial charge in [-0.1, -0.05) is 6.92 Å². The van der Waals surface area contributed by atoms with Gasteiger partial charge in [0.05, 0.1) is 5.69 Å². The van der Waals surface area contributed by atoms with Gasteiger partial charge in [-0.25, -0.2) is 0 Å². The maximum absolute atomic E-state index is 4.48. The van der Waals surface area contributed by atoms with E-state index in [1.165, 1.54) is 44.0 Å². The van der Waals surface area contributed by atoms with Crippen molar-refractivity contribution in [2.75, 3.05) is 64.3 Å². The molecule has 0 unspecified atom stereocenters. The summed E-state index contributed by atoms with van der Waals surface area (Å²) in [6.45, 7) is 12.6. The highest BCUT2D eigenvalue weighted by Crippen LogP contribution is 2.25. The zero-order valence-electron chi connectivity index (χ0n) is 14.4. The maximum Gasteiger partial charge on any atom is 0.151 e. The summed E-state index contributed by atoms with van der Waals surface area (Å²) >= 11 is 0. The molecule has 0 atom stereocenters. The van der Waals surface area contributed by atoms with Crippen LogP contribution in [0.25, 0.3) is 0 Å². The molecule has 0 aromatic carbocycles. The highest BCUT2D eigenvalue weighted by molar-refractivity contribution is 5.45. The van der Waals surface area contributed by atoms with Crippen molar-refractivity contribution in [1.29, 1.82) is 0 Å². The molecule has 3 aliphatic rings. The van der Waals surface area contributed by atoms with E-state index < -0.39 is 0 Å².